The molecule has 0 unspecified atom stereocenters. The summed E-state index contributed by atoms with van der Waals surface area (Å²) in [4.78, 5) is 25.4. The van der Waals surface area contributed by atoms with Gasteiger partial charge in [-0.1, -0.05) is 24.3 Å². The van der Waals surface area contributed by atoms with Crippen LogP contribution in [0.3, 0.4) is 0 Å². The fraction of sp³-hybridized carbons (Fsp3) is 0.111. The minimum Gasteiger partial charge on any atom is -0.278 e. The molecule has 0 spiro atoms. The number of thiophene rings is 2. The summed E-state index contributed by atoms with van der Waals surface area (Å²) in [5.41, 5.74) is 4.90. The predicted octanol–water partition coefficient (Wildman–Crippen LogP) is 3.00. The molecule has 28 heavy (non-hydrogen) atoms. The molecule has 2 amide bonds. The van der Waals surface area contributed by atoms with Gasteiger partial charge in [0.1, 0.15) is 4.21 Å². The number of rotatable bonds is 7. The molecular weight excluding hydrogens is 418 g/mol. The molecule has 3 N–H and O–H groups in total. The fourth-order valence-electron chi connectivity index (χ4n) is 2.33. The topological polar surface area (TPSA) is 104 Å². The molecule has 0 atom stereocenters. The smallest absolute Gasteiger partial charge is 0.271 e. The van der Waals surface area contributed by atoms with Crippen LogP contribution in [0.5, 0.6) is 0 Å². The molecule has 2 heterocycles. The molecule has 0 aliphatic carbocycles. The summed E-state index contributed by atoms with van der Waals surface area (Å²) < 4.78 is 27.4. The van der Waals surface area contributed by atoms with Crippen LogP contribution in [-0.4, -0.2) is 20.2 Å². The Kier molecular flexibility index (Phi) is 6.45. The number of benzene rings is 1. The predicted molar refractivity (Wildman–Crippen MR) is 110 cm³/mol. The van der Waals surface area contributed by atoms with Gasteiger partial charge >= 0.3 is 0 Å². The van der Waals surface area contributed by atoms with Gasteiger partial charge < -0.3 is 0 Å². The van der Waals surface area contributed by atoms with Crippen molar-refractivity contribution in [1.82, 2.24) is 10.9 Å². The Morgan fingerprint density at radius 1 is 0.893 bits per heavy atom. The zero-order valence-corrected chi connectivity index (χ0v) is 17.0. The summed E-state index contributed by atoms with van der Waals surface area (Å²) in [6.45, 7) is 0. The molecule has 1 aromatic carbocycles. The Bertz CT molecular complexity index is 1050. The second kappa shape index (κ2) is 9.00. The standard InChI is InChI=1S/C18H17N3O4S3/c22-16(10-9-13-5-3-11-26-13)19-20-18(23)14-6-1-2-7-15(14)21-28(24,25)17-8-4-12-27-17/h1-8,11-12,21H,9-10H2,(H,19,22)(H,20,23). The Morgan fingerprint density at radius 3 is 2.36 bits per heavy atom. The minimum atomic E-state index is -3.79. The number of hydrogen-bond donors (Lipinski definition) is 3. The van der Waals surface area contributed by atoms with Gasteiger partial charge in [-0.3, -0.25) is 25.2 Å². The molecule has 0 aliphatic rings. The van der Waals surface area contributed by atoms with Crippen molar-refractivity contribution >= 4 is 50.2 Å². The van der Waals surface area contributed by atoms with E-state index >= 15 is 0 Å². The number of nitrogens with one attached hydrogen (secondary N) is 3. The van der Waals surface area contributed by atoms with Crippen molar-refractivity contribution in [2.75, 3.05) is 4.72 Å². The van der Waals surface area contributed by atoms with Crippen LogP contribution in [0.25, 0.3) is 0 Å². The summed E-state index contributed by atoms with van der Waals surface area (Å²) >= 11 is 2.64. The normalized spacial score (nSPS) is 11.0. The molecular formula is C18H17N3O4S3. The molecule has 2 aromatic heterocycles. The van der Waals surface area contributed by atoms with Crippen LogP contribution in [0, 0.1) is 0 Å². The van der Waals surface area contributed by atoms with Crippen LogP contribution >= 0.6 is 22.7 Å². The number of hydrogen-bond acceptors (Lipinski definition) is 6. The van der Waals surface area contributed by atoms with E-state index in [1.807, 2.05) is 17.5 Å². The molecule has 0 radical (unpaired) electrons. The van der Waals surface area contributed by atoms with Crippen LogP contribution in [0.1, 0.15) is 21.7 Å². The zero-order valence-electron chi connectivity index (χ0n) is 14.5. The number of sulfonamides is 1. The Morgan fingerprint density at radius 2 is 1.64 bits per heavy atom. The highest BCUT2D eigenvalue weighted by atomic mass is 32.2. The summed E-state index contributed by atoms with van der Waals surface area (Å²) in [6.07, 6.45) is 0.810. The van der Waals surface area contributed by atoms with Gasteiger partial charge in [0.05, 0.1) is 11.3 Å². The average Bonchev–Trinajstić information content (AvgIpc) is 3.38. The Labute approximate surface area is 170 Å². The van der Waals surface area contributed by atoms with Crippen molar-refractivity contribution in [3.05, 3.63) is 69.7 Å². The van der Waals surface area contributed by atoms with Gasteiger partial charge in [0.15, 0.2) is 0 Å². The average molecular weight is 436 g/mol. The lowest BCUT2D eigenvalue weighted by Crippen LogP contribution is -2.42. The number of carbonyl (C=O) groups excluding carboxylic acids is 2. The number of hydrazine groups is 1. The van der Waals surface area contributed by atoms with E-state index in [0.717, 1.165) is 16.2 Å². The van der Waals surface area contributed by atoms with Crippen LogP contribution in [0.2, 0.25) is 0 Å². The van der Waals surface area contributed by atoms with Gasteiger partial charge in [0, 0.05) is 11.3 Å². The van der Waals surface area contributed by atoms with Crippen molar-refractivity contribution in [3.63, 3.8) is 0 Å². The third-order valence-electron chi connectivity index (χ3n) is 3.67. The second-order valence-electron chi connectivity index (χ2n) is 5.66. The maximum atomic E-state index is 12.4. The SMILES string of the molecule is O=C(CCc1cccs1)NNC(=O)c1ccccc1NS(=O)(=O)c1cccs1. The third kappa shape index (κ3) is 5.18. The summed E-state index contributed by atoms with van der Waals surface area (Å²) in [5, 5.41) is 3.59. The van der Waals surface area contributed by atoms with Crippen molar-refractivity contribution in [2.24, 2.45) is 0 Å². The van der Waals surface area contributed by atoms with E-state index in [0.29, 0.717) is 6.42 Å². The molecule has 0 saturated carbocycles. The van der Waals surface area contributed by atoms with Gasteiger partial charge in [-0.15, -0.1) is 22.7 Å². The molecule has 0 saturated heterocycles. The third-order valence-corrected chi connectivity index (χ3v) is 7.37. The maximum Gasteiger partial charge on any atom is 0.271 e. The van der Waals surface area contributed by atoms with Crippen molar-refractivity contribution in [1.29, 1.82) is 0 Å². The van der Waals surface area contributed by atoms with E-state index in [9.17, 15) is 18.0 Å². The van der Waals surface area contributed by atoms with E-state index in [1.54, 1.807) is 34.9 Å². The minimum absolute atomic E-state index is 0.0983. The highest BCUT2D eigenvalue weighted by Crippen LogP contribution is 2.22. The first-order valence-corrected chi connectivity index (χ1v) is 11.5. The maximum absolute atomic E-state index is 12.4. The highest BCUT2D eigenvalue weighted by Gasteiger charge is 2.19. The van der Waals surface area contributed by atoms with Gasteiger partial charge in [-0.05, 0) is 41.4 Å². The van der Waals surface area contributed by atoms with Crippen molar-refractivity contribution in [3.8, 4) is 0 Å². The quantitative estimate of drug-likeness (QED) is 0.496. The molecule has 0 fully saturated rings. The number of para-hydroxylation sites is 1. The van der Waals surface area contributed by atoms with Gasteiger partial charge in [-0.2, -0.15) is 0 Å². The number of anilines is 1. The van der Waals surface area contributed by atoms with E-state index in [2.05, 4.69) is 15.6 Å². The second-order valence-corrected chi connectivity index (χ2v) is 9.55. The van der Waals surface area contributed by atoms with Gasteiger partial charge in [0.25, 0.3) is 15.9 Å². The van der Waals surface area contributed by atoms with Crippen molar-refractivity contribution in [2.45, 2.75) is 17.1 Å². The summed E-state index contributed by atoms with van der Waals surface area (Å²) in [5.74, 6) is -0.952. The van der Waals surface area contributed by atoms with E-state index < -0.39 is 15.9 Å². The first kappa shape index (κ1) is 20.1. The van der Waals surface area contributed by atoms with Crippen LogP contribution in [-0.2, 0) is 21.2 Å². The Balaban J connectivity index is 1.62. The van der Waals surface area contributed by atoms with Crippen LogP contribution < -0.4 is 15.6 Å². The van der Waals surface area contributed by atoms with E-state index in [1.165, 1.54) is 18.2 Å². The fourth-order valence-corrected chi connectivity index (χ4v) is 5.11. The van der Waals surface area contributed by atoms with Gasteiger partial charge in [0.2, 0.25) is 5.91 Å². The lowest BCUT2D eigenvalue weighted by molar-refractivity contribution is -0.121. The van der Waals surface area contributed by atoms with Crippen LogP contribution in [0.15, 0.2) is 63.5 Å². The number of carbonyl (C=O) groups is 2. The number of aryl methyl sites for hydroxylation is 1. The summed E-state index contributed by atoms with van der Waals surface area (Å²) in [7, 11) is -3.79. The molecule has 0 aliphatic heterocycles. The largest absolute Gasteiger partial charge is 0.278 e. The first-order valence-electron chi connectivity index (χ1n) is 8.22. The molecule has 10 heteroatoms. The molecule has 3 rings (SSSR count). The van der Waals surface area contributed by atoms with Crippen LogP contribution in [0.4, 0.5) is 5.69 Å². The molecule has 3 aromatic rings. The molecule has 0 bridgehead atoms. The van der Waals surface area contributed by atoms with Gasteiger partial charge in [-0.25, -0.2) is 8.42 Å². The lowest BCUT2D eigenvalue weighted by atomic mass is 10.2. The Hall–Kier alpha value is -2.69. The van der Waals surface area contributed by atoms with E-state index in [-0.39, 0.29) is 27.8 Å². The molecule has 7 nitrogen and oxygen atoms in total. The summed E-state index contributed by atoms with van der Waals surface area (Å²) in [6, 6.07) is 13.1. The lowest BCUT2D eigenvalue weighted by Gasteiger charge is -2.12. The number of amides is 2. The highest BCUT2D eigenvalue weighted by molar-refractivity contribution is 7.94. The zero-order chi connectivity index (χ0) is 20.0. The monoisotopic (exact) mass is 435 g/mol. The van der Waals surface area contributed by atoms with Crippen molar-refractivity contribution < 1.29 is 18.0 Å². The molecule has 146 valence electrons. The first-order chi connectivity index (χ1) is 13.5. The van der Waals surface area contributed by atoms with E-state index in [4.69, 9.17) is 0 Å².